The van der Waals surface area contributed by atoms with E-state index >= 15 is 0 Å². The van der Waals surface area contributed by atoms with E-state index in [0.717, 1.165) is 25.2 Å². The number of guanidine groups is 1. The van der Waals surface area contributed by atoms with Crippen LogP contribution in [0.2, 0.25) is 0 Å². The minimum atomic E-state index is -0.528. The maximum atomic E-state index is 10.3. The third kappa shape index (κ3) is 5.07. The number of aliphatic hydroxyl groups excluding tert-OH is 1. The standard InChI is InChI=1S/C21H28N4O/c1-15-9-16(2)11-19(10-15)24-21(22)23-12-20(26)14-25-8-7-17-5-3-4-6-18(17)13-25/h3-6,9-11,20,26H,7-8,12-14H2,1-2H3,(H3,22,23,24). The molecule has 0 aliphatic carbocycles. The number of nitrogens with one attached hydrogen (secondary N) is 1. The van der Waals surface area contributed by atoms with E-state index in [0.29, 0.717) is 19.0 Å². The Morgan fingerprint density at radius 2 is 1.88 bits per heavy atom. The topological polar surface area (TPSA) is 73.9 Å². The highest BCUT2D eigenvalue weighted by Crippen LogP contribution is 2.18. The molecule has 26 heavy (non-hydrogen) atoms. The summed E-state index contributed by atoms with van der Waals surface area (Å²) < 4.78 is 0. The van der Waals surface area contributed by atoms with Gasteiger partial charge in [-0.15, -0.1) is 0 Å². The van der Waals surface area contributed by atoms with Gasteiger partial charge in [-0.3, -0.25) is 9.89 Å². The molecule has 5 nitrogen and oxygen atoms in total. The van der Waals surface area contributed by atoms with Gasteiger partial charge in [-0.05, 0) is 54.7 Å². The molecule has 0 spiro atoms. The van der Waals surface area contributed by atoms with Crippen molar-refractivity contribution in [2.75, 3.05) is 25.0 Å². The smallest absolute Gasteiger partial charge is 0.193 e. The van der Waals surface area contributed by atoms with Crippen LogP contribution in [0.5, 0.6) is 0 Å². The van der Waals surface area contributed by atoms with Crippen LogP contribution in [0.3, 0.4) is 0 Å². The summed E-state index contributed by atoms with van der Waals surface area (Å²) in [5.74, 6) is 0.332. The largest absolute Gasteiger partial charge is 0.390 e. The summed E-state index contributed by atoms with van der Waals surface area (Å²) in [7, 11) is 0. The number of β-amino-alcohol motifs (C(OH)–C–C–N with tert-alkyl or cyclic N) is 1. The first-order valence-electron chi connectivity index (χ1n) is 9.12. The SMILES string of the molecule is Cc1cc(C)cc(NC(N)=NCC(O)CN2CCc3ccccc3C2)c1. The number of nitrogens with two attached hydrogens (primary N) is 1. The monoisotopic (exact) mass is 352 g/mol. The molecule has 0 saturated carbocycles. The molecule has 0 radical (unpaired) electrons. The highest BCUT2D eigenvalue weighted by atomic mass is 16.3. The Morgan fingerprint density at radius 3 is 2.62 bits per heavy atom. The van der Waals surface area contributed by atoms with E-state index in [-0.39, 0.29) is 0 Å². The fourth-order valence-corrected chi connectivity index (χ4v) is 3.50. The van der Waals surface area contributed by atoms with Crippen LogP contribution in [0.15, 0.2) is 47.5 Å². The van der Waals surface area contributed by atoms with Gasteiger partial charge in [-0.2, -0.15) is 0 Å². The number of benzene rings is 2. The molecular weight excluding hydrogens is 324 g/mol. The van der Waals surface area contributed by atoms with Crippen molar-refractivity contribution < 1.29 is 5.11 Å². The second kappa shape index (κ2) is 8.34. The van der Waals surface area contributed by atoms with Gasteiger partial charge in [-0.1, -0.05) is 30.3 Å². The van der Waals surface area contributed by atoms with E-state index in [1.54, 1.807) is 0 Å². The summed E-state index contributed by atoms with van der Waals surface area (Å²) in [6.45, 7) is 6.84. The molecule has 2 aromatic carbocycles. The Hall–Kier alpha value is -2.37. The quantitative estimate of drug-likeness (QED) is 0.571. The zero-order valence-electron chi connectivity index (χ0n) is 15.6. The van der Waals surface area contributed by atoms with Gasteiger partial charge in [-0.25, -0.2) is 0 Å². The van der Waals surface area contributed by atoms with Crippen molar-refractivity contribution in [1.82, 2.24) is 4.90 Å². The number of hydrogen-bond donors (Lipinski definition) is 3. The molecule has 1 aliphatic rings. The lowest BCUT2D eigenvalue weighted by Gasteiger charge is -2.30. The van der Waals surface area contributed by atoms with Crippen molar-refractivity contribution in [2.45, 2.75) is 32.9 Å². The van der Waals surface area contributed by atoms with Crippen LogP contribution in [0.1, 0.15) is 22.3 Å². The number of aliphatic imine (C=N–C) groups is 1. The number of nitrogens with zero attached hydrogens (tertiary/aromatic N) is 2. The lowest BCUT2D eigenvalue weighted by Crippen LogP contribution is -2.38. The fourth-order valence-electron chi connectivity index (χ4n) is 3.50. The molecule has 1 aliphatic heterocycles. The van der Waals surface area contributed by atoms with Crippen molar-refractivity contribution >= 4 is 11.6 Å². The van der Waals surface area contributed by atoms with Crippen LogP contribution in [0.4, 0.5) is 5.69 Å². The maximum Gasteiger partial charge on any atom is 0.193 e. The zero-order chi connectivity index (χ0) is 18.5. The van der Waals surface area contributed by atoms with Crippen molar-refractivity contribution in [1.29, 1.82) is 0 Å². The summed E-state index contributed by atoms with van der Waals surface area (Å²) >= 11 is 0. The Bertz CT molecular complexity index is 767. The van der Waals surface area contributed by atoms with E-state index in [2.05, 4.69) is 45.5 Å². The molecule has 0 bridgehead atoms. The molecule has 0 amide bonds. The highest BCUT2D eigenvalue weighted by molar-refractivity contribution is 5.92. The minimum absolute atomic E-state index is 0.293. The highest BCUT2D eigenvalue weighted by Gasteiger charge is 2.18. The van der Waals surface area contributed by atoms with Crippen LogP contribution in [-0.4, -0.2) is 41.7 Å². The van der Waals surface area contributed by atoms with E-state index in [1.807, 2.05) is 26.0 Å². The van der Waals surface area contributed by atoms with Gasteiger partial charge in [0.25, 0.3) is 0 Å². The van der Waals surface area contributed by atoms with Crippen LogP contribution in [0, 0.1) is 13.8 Å². The fraction of sp³-hybridized carbons (Fsp3) is 0.381. The van der Waals surface area contributed by atoms with Crippen molar-refractivity contribution in [3.63, 3.8) is 0 Å². The molecule has 5 heteroatoms. The molecule has 4 N–H and O–H groups in total. The van der Waals surface area contributed by atoms with Gasteiger partial charge in [0.05, 0.1) is 12.6 Å². The summed E-state index contributed by atoms with van der Waals surface area (Å²) in [5, 5.41) is 13.4. The van der Waals surface area contributed by atoms with Crippen LogP contribution < -0.4 is 11.1 Å². The normalized spacial score (nSPS) is 16.2. The van der Waals surface area contributed by atoms with E-state index < -0.39 is 6.10 Å². The van der Waals surface area contributed by atoms with E-state index in [9.17, 15) is 5.11 Å². The molecular formula is C21H28N4O. The number of hydrogen-bond acceptors (Lipinski definition) is 3. The molecule has 2 aromatic rings. The second-order valence-corrected chi connectivity index (χ2v) is 7.13. The number of aliphatic hydroxyl groups is 1. The molecule has 138 valence electrons. The lowest BCUT2D eigenvalue weighted by atomic mass is 10.00. The summed E-state index contributed by atoms with van der Waals surface area (Å²) in [4.78, 5) is 6.57. The molecule has 0 saturated heterocycles. The minimum Gasteiger partial charge on any atom is -0.390 e. The molecule has 1 unspecified atom stereocenters. The zero-order valence-corrected chi connectivity index (χ0v) is 15.6. The molecule has 1 heterocycles. The predicted octanol–water partition coefficient (Wildman–Crippen LogP) is 2.45. The van der Waals surface area contributed by atoms with Gasteiger partial charge in [0.2, 0.25) is 0 Å². The van der Waals surface area contributed by atoms with Crippen molar-refractivity contribution in [3.8, 4) is 0 Å². The van der Waals surface area contributed by atoms with Gasteiger partial charge >= 0.3 is 0 Å². The van der Waals surface area contributed by atoms with Crippen LogP contribution in [-0.2, 0) is 13.0 Å². The number of rotatable bonds is 5. The van der Waals surface area contributed by atoms with Gasteiger partial charge in [0.1, 0.15) is 0 Å². The molecule has 0 aromatic heterocycles. The van der Waals surface area contributed by atoms with E-state index in [1.165, 1.54) is 22.3 Å². The average molecular weight is 352 g/mol. The predicted molar refractivity (Wildman–Crippen MR) is 107 cm³/mol. The van der Waals surface area contributed by atoms with Crippen LogP contribution in [0.25, 0.3) is 0 Å². The Balaban J connectivity index is 1.50. The molecule has 1 atom stereocenters. The van der Waals surface area contributed by atoms with Gasteiger partial charge in [0.15, 0.2) is 5.96 Å². The van der Waals surface area contributed by atoms with Gasteiger partial charge < -0.3 is 16.2 Å². The van der Waals surface area contributed by atoms with Crippen LogP contribution >= 0.6 is 0 Å². The third-order valence-corrected chi connectivity index (χ3v) is 4.65. The first-order chi connectivity index (χ1) is 12.5. The first kappa shape index (κ1) is 18.4. The van der Waals surface area contributed by atoms with Crippen molar-refractivity contribution in [2.24, 2.45) is 10.7 Å². The Kier molecular flexibility index (Phi) is 5.91. The lowest BCUT2D eigenvalue weighted by molar-refractivity contribution is 0.112. The first-order valence-corrected chi connectivity index (χ1v) is 9.12. The maximum absolute atomic E-state index is 10.3. The number of fused-ring (bicyclic) bond motifs is 1. The second-order valence-electron chi connectivity index (χ2n) is 7.13. The van der Waals surface area contributed by atoms with Crippen molar-refractivity contribution in [3.05, 3.63) is 64.7 Å². The van der Waals surface area contributed by atoms with E-state index in [4.69, 9.17) is 5.73 Å². The number of anilines is 1. The van der Waals surface area contributed by atoms with Gasteiger partial charge in [0, 0.05) is 25.3 Å². The molecule has 0 fully saturated rings. The number of aryl methyl sites for hydroxylation is 2. The summed E-state index contributed by atoms with van der Waals surface area (Å²) in [6, 6.07) is 14.7. The average Bonchev–Trinajstić information content (AvgIpc) is 2.59. The Morgan fingerprint density at radius 1 is 1.19 bits per heavy atom. The Labute approximate surface area is 155 Å². The third-order valence-electron chi connectivity index (χ3n) is 4.65. The summed E-state index contributed by atoms with van der Waals surface area (Å²) in [6.07, 6.45) is 0.502. The summed E-state index contributed by atoms with van der Waals surface area (Å²) in [5.41, 5.74) is 12.0. The molecule has 3 rings (SSSR count).